The monoisotopic (exact) mass is 327 g/mol. The predicted octanol–water partition coefficient (Wildman–Crippen LogP) is 2.54. The average molecular weight is 327 g/mol. The molecule has 1 fully saturated rings. The second-order valence-corrected chi connectivity index (χ2v) is 5.88. The molecule has 1 aromatic heterocycles. The fourth-order valence-corrected chi connectivity index (χ4v) is 2.82. The Hall–Kier alpha value is -2.47. The molecule has 1 amide bonds. The van der Waals surface area contributed by atoms with E-state index in [0.29, 0.717) is 19.0 Å². The quantitative estimate of drug-likeness (QED) is 0.844. The molecule has 1 aliphatic heterocycles. The van der Waals surface area contributed by atoms with E-state index in [1.807, 2.05) is 43.3 Å². The fraction of sp³-hybridized carbons (Fsp3) is 0.389. The van der Waals surface area contributed by atoms with Gasteiger partial charge in [-0.15, -0.1) is 0 Å². The summed E-state index contributed by atoms with van der Waals surface area (Å²) >= 11 is 0. The maximum atomic E-state index is 11.9. The minimum absolute atomic E-state index is 0.00779. The molecule has 0 bridgehead atoms. The summed E-state index contributed by atoms with van der Waals surface area (Å²) < 4.78 is 10.7. The molecule has 1 aliphatic rings. The third kappa shape index (κ3) is 3.89. The van der Waals surface area contributed by atoms with Crippen molar-refractivity contribution >= 4 is 5.91 Å². The highest BCUT2D eigenvalue weighted by molar-refractivity contribution is 5.77. The number of ether oxygens (including phenoxy) is 2. The topological polar surface area (TPSA) is 64.5 Å². The zero-order chi connectivity index (χ0) is 16.9. The summed E-state index contributed by atoms with van der Waals surface area (Å²) in [5, 5.41) is 0. The van der Waals surface area contributed by atoms with Crippen LogP contribution in [0.1, 0.15) is 23.9 Å². The van der Waals surface area contributed by atoms with Gasteiger partial charge in [0.2, 0.25) is 11.8 Å². The van der Waals surface area contributed by atoms with Gasteiger partial charge in [-0.25, -0.2) is 4.98 Å². The number of nitrogens with zero attached hydrogens (tertiary/aromatic N) is 3. The van der Waals surface area contributed by atoms with Crippen LogP contribution in [0, 0.1) is 6.92 Å². The number of likely N-dealkylation sites (tertiary alicyclic amines) is 1. The highest BCUT2D eigenvalue weighted by Gasteiger charge is 2.29. The summed E-state index contributed by atoms with van der Waals surface area (Å²) in [6.07, 6.45) is 0.851. The van der Waals surface area contributed by atoms with Gasteiger partial charge in [0.25, 0.3) is 0 Å². The van der Waals surface area contributed by atoms with Crippen LogP contribution in [0.3, 0.4) is 0 Å². The van der Waals surface area contributed by atoms with E-state index < -0.39 is 0 Å². The zero-order valence-electron chi connectivity index (χ0n) is 13.9. The third-order valence-electron chi connectivity index (χ3n) is 3.99. The van der Waals surface area contributed by atoms with Crippen molar-refractivity contribution in [2.45, 2.75) is 19.3 Å². The van der Waals surface area contributed by atoms with Crippen molar-refractivity contribution in [1.82, 2.24) is 14.9 Å². The Bertz CT molecular complexity index is 706. The van der Waals surface area contributed by atoms with Gasteiger partial charge in [0.1, 0.15) is 18.2 Å². The molecule has 6 nitrogen and oxygen atoms in total. The SMILES string of the molecule is COCC(=O)N1CCC(c2nc(C)cc(Oc3ccccc3)n2)C1. The van der Waals surface area contributed by atoms with Gasteiger partial charge in [0, 0.05) is 37.9 Å². The van der Waals surface area contributed by atoms with Crippen LogP contribution in [-0.2, 0) is 9.53 Å². The van der Waals surface area contributed by atoms with Crippen molar-refractivity contribution in [1.29, 1.82) is 0 Å². The number of amides is 1. The van der Waals surface area contributed by atoms with E-state index in [0.717, 1.165) is 23.7 Å². The van der Waals surface area contributed by atoms with Crippen LogP contribution >= 0.6 is 0 Å². The normalized spacial score (nSPS) is 17.1. The molecular weight excluding hydrogens is 306 g/mol. The standard InChI is InChI=1S/C18H21N3O3/c1-13-10-16(24-15-6-4-3-5-7-15)20-18(19-13)14-8-9-21(11-14)17(22)12-23-2/h3-7,10,14H,8-9,11-12H2,1-2H3. The van der Waals surface area contributed by atoms with Gasteiger partial charge in [-0.1, -0.05) is 18.2 Å². The Morgan fingerprint density at radius 3 is 2.83 bits per heavy atom. The number of aryl methyl sites for hydroxylation is 1. The summed E-state index contributed by atoms with van der Waals surface area (Å²) in [5.74, 6) is 2.14. The van der Waals surface area contributed by atoms with E-state index in [9.17, 15) is 4.79 Å². The van der Waals surface area contributed by atoms with Gasteiger partial charge in [-0.3, -0.25) is 4.79 Å². The zero-order valence-corrected chi connectivity index (χ0v) is 13.9. The summed E-state index contributed by atoms with van der Waals surface area (Å²) in [5.41, 5.74) is 0.854. The van der Waals surface area contributed by atoms with E-state index >= 15 is 0 Å². The maximum absolute atomic E-state index is 11.9. The number of hydrogen-bond donors (Lipinski definition) is 0. The number of para-hydroxylation sites is 1. The average Bonchev–Trinajstić information content (AvgIpc) is 3.06. The van der Waals surface area contributed by atoms with Gasteiger partial charge in [-0.2, -0.15) is 4.98 Å². The Morgan fingerprint density at radius 2 is 2.08 bits per heavy atom. The fourth-order valence-electron chi connectivity index (χ4n) is 2.82. The Morgan fingerprint density at radius 1 is 1.29 bits per heavy atom. The molecule has 3 rings (SSSR count). The van der Waals surface area contributed by atoms with Crippen LogP contribution in [-0.4, -0.2) is 47.6 Å². The van der Waals surface area contributed by atoms with Crippen LogP contribution < -0.4 is 4.74 Å². The lowest BCUT2D eigenvalue weighted by Crippen LogP contribution is -2.31. The van der Waals surface area contributed by atoms with Gasteiger partial charge in [-0.05, 0) is 25.5 Å². The molecule has 0 saturated carbocycles. The first-order valence-electron chi connectivity index (χ1n) is 8.01. The van der Waals surface area contributed by atoms with Crippen LogP contribution in [0.4, 0.5) is 0 Å². The lowest BCUT2D eigenvalue weighted by molar-refractivity contribution is -0.134. The number of carbonyl (C=O) groups excluding carboxylic acids is 1. The van der Waals surface area contributed by atoms with Gasteiger partial charge >= 0.3 is 0 Å². The first-order valence-corrected chi connectivity index (χ1v) is 8.01. The Labute approximate surface area is 141 Å². The molecule has 126 valence electrons. The Balaban J connectivity index is 1.73. The van der Waals surface area contributed by atoms with E-state index in [-0.39, 0.29) is 18.4 Å². The number of aromatic nitrogens is 2. The predicted molar refractivity (Wildman–Crippen MR) is 89.1 cm³/mol. The van der Waals surface area contributed by atoms with Gasteiger partial charge in [0.05, 0.1) is 0 Å². The van der Waals surface area contributed by atoms with E-state index in [4.69, 9.17) is 9.47 Å². The van der Waals surface area contributed by atoms with Crippen molar-refractivity contribution in [2.24, 2.45) is 0 Å². The third-order valence-corrected chi connectivity index (χ3v) is 3.99. The van der Waals surface area contributed by atoms with Crippen molar-refractivity contribution in [3.05, 3.63) is 47.9 Å². The molecule has 0 spiro atoms. The minimum atomic E-state index is 0.00779. The van der Waals surface area contributed by atoms with E-state index in [1.54, 1.807) is 4.90 Å². The summed E-state index contributed by atoms with van der Waals surface area (Å²) in [4.78, 5) is 22.8. The van der Waals surface area contributed by atoms with Crippen LogP contribution in [0.2, 0.25) is 0 Å². The molecule has 24 heavy (non-hydrogen) atoms. The first kappa shape index (κ1) is 16.4. The van der Waals surface area contributed by atoms with Crippen LogP contribution in [0.25, 0.3) is 0 Å². The van der Waals surface area contributed by atoms with Crippen molar-refractivity contribution in [2.75, 3.05) is 26.8 Å². The molecule has 0 N–H and O–H groups in total. The lowest BCUT2D eigenvalue weighted by atomic mass is 10.1. The van der Waals surface area contributed by atoms with Crippen LogP contribution in [0.5, 0.6) is 11.6 Å². The molecule has 1 atom stereocenters. The molecular formula is C18H21N3O3. The smallest absolute Gasteiger partial charge is 0.248 e. The number of carbonyl (C=O) groups is 1. The molecule has 2 heterocycles. The second kappa shape index (κ2) is 7.40. The van der Waals surface area contributed by atoms with Crippen LogP contribution in [0.15, 0.2) is 36.4 Å². The molecule has 0 radical (unpaired) electrons. The second-order valence-electron chi connectivity index (χ2n) is 5.88. The highest BCUT2D eigenvalue weighted by atomic mass is 16.5. The van der Waals surface area contributed by atoms with Crippen molar-refractivity contribution in [3.63, 3.8) is 0 Å². The van der Waals surface area contributed by atoms with Gasteiger partial charge < -0.3 is 14.4 Å². The minimum Gasteiger partial charge on any atom is -0.439 e. The van der Waals surface area contributed by atoms with Crippen molar-refractivity contribution in [3.8, 4) is 11.6 Å². The number of hydrogen-bond acceptors (Lipinski definition) is 5. The van der Waals surface area contributed by atoms with Crippen molar-refractivity contribution < 1.29 is 14.3 Å². The Kier molecular flexibility index (Phi) is 5.05. The molecule has 6 heteroatoms. The molecule has 2 aromatic rings. The summed E-state index contributed by atoms with van der Waals surface area (Å²) in [6, 6.07) is 11.4. The maximum Gasteiger partial charge on any atom is 0.248 e. The molecule has 0 aliphatic carbocycles. The summed E-state index contributed by atoms with van der Waals surface area (Å²) in [6.45, 7) is 3.37. The first-order chi connectivity index (χ1) is 11.7. The van der Waals surface area contributed by atoms with E-state index in [2.05, 4.69) is 9.97 Å². The lowest BCUT2D eigenvalue weighted by Gasteiger charge is -2.16. The van der Waals surface area contributed by atoms with Gasteiger partial charge in [0.15, 0.2) is 0 Å². The molecule has 1 aromatic carbocycles. The summed E-state index contributed by atoms with van der Waals surface area (Å²) in [7, 11) is 1.53. The number of rotatable bonds is 5. The number of methoxy groups -OCH3 is 1. The molecule has 1 unspecified atom stereocenters. The molecule has 1 saturated heterocycles. The van der Waals surface area contributed by atoms with E-state index in [1.165, 1.54) is 7.11 Å². The number of benzene rings is 1. The highest BCUT2D eigenvalue weighted by Crippen LogP contribution is 2.27. The largest absolute Gasteiger partial charge is 0.439 e.